The Labute approximate surface area is 152 Å². The molecule has 26 heavy (non-hydrogen) atoms. The second-order valence-electron chi connectivity index (χ2n) is 5.89. The maximum absolute atomic E-state index is 14.3. The second kappa shape index (κ2) is 5.96. The molecule has 0 radical (unpaired) electrons. The zero-order valence-corrected chi connectivity index (χ0v) is 14.3. The topological polar surface area (TPSA) is 63.6 Å². The quantitative estimate of drug-likeness (QED) is 0.578. The van der Waals surface area contributed by atoms with Crippen molar-refractivity contribution in [3.63, 3.8) is 0 Å². The zero-order chi connectivity index (χ0) is 17.5. The standard InChI is InChI=1S/C19H12FN5S/c20-15-8-12(7-11-3-1-4-13(11)15)23-18-14-5-2-6-22-17(14)24-19(25-18)16-9-21-10-26-16/h1-3,5-10H,4H2,(H,22,23,24,25). The van der Waals surface area contributed by atoms with Gasteiger partial charge in [-0.1, -0.05) is 12.2 Å². The number of allylic oxidation sites excluding steroid dienone is 1. The minimum absolute atomic E-state index is 0.214. The van der Waals surface area contributed by atoms with Crippen molar-refractivity contribution < 1.29 is 4.39 Å². The van der Waals surface area contributed by atoms with E-state index in [1.165, 1.54) is 17.4 Å². The monoisotopic (exact) mass is 361 g/mol. The highest BCUT2D eigenvalue weighted by Gasteiger charge is 2.15. The molecule has 1 aliphatic rings. The fourth-order valence-corrected chi connectivity index (χ4v) is 3.58. The van der Waals surface area contributed by atoms with E-state index in [-0.39, 0.29) is 5.82 Å². The number of rotatable bonds is 3. The van der Waals surface area contributed by atoms with Crippen LogP contribution in [0.15, 0.2) is 48.2 Å². The number of halogens is 1. The van der Waals surface area contributed by atoms with Gasteiger partial charge in [-0.3, -0.25) is 4.98 Å². The molecular weight excluding hydrogens is 349 g/mol. The first-order valence-electron chi connectivity index (χ1n) is 8.05. The van der Waals surface area contributed by atoms with E-state index >= 15 is 0 Å². The normalized spacial score (nSPS) is 12.5. The Bertz CT molecular complexity index is 1150. The smallest absolute Gasteiger partial charge is 0.175 e. The van der Waals surface area contributed by atoms with Gasteiger partial charge in [0.2, 0.25) is 0 Å². The average Bonchev–Trinajstić information content (AvgIpc) is 3.33. The highest BCUT2D eigenvalue weighted by atomic mass is 32.1. The molecule has 0 spiro atoms. The number of nitrogens with one attached hydrogen (secondary N) is 1. The first kappa shape index (κ1) is 15.1. The highest BCUT2D eigenvalue weighted by molar-refractivity contribution is 7.13. The molecule has 5 rings (SSSR count). The van der Waals surface area contributed by atoms with Gasteiger partial charge in [-0.2, -0.15) is 0 Å². The molecule has 0 saturated heterocycles. The number of anilines is 2. The summed E-state index contributed by atoms with van der Waals surface area (Å²) in [6, 6.07) is 7.15. The van der Waals surface area contributed by atoms with Gasteiger partial charge >= 0.3 is 0 Å². The minimum atomic E-state index is -0.214. The Morgan fingerprint density at radius 2 is 2.15 bits per heavy atom. The Hall–Kier alpha value is -3.19. The summed E-state index contributed by atoms with van der Waals surface area (Å²) >= 11 is 1.46. The van der Waals surface area contributed by atoms with Gasteiger partial charge in [0, 0.05) is 18.1 Å². The molecule has 7 heteroatoms. The summed E-state index contributed by atoms with van der Waals surface area (Å²) in [5, 5.41) is 4.01. The van der Waals surface area contributed by atoms with Crippen molar-refractivity contribution >= 4 is 40.0 Å². The van der Waals surface area contributed by atoms with Crippen LogP contribution in [0.25, 0.3) is 27.8 Å². The van der Waals surface area contributed by atoms with E-state index in [0.717, 1.165) is 21.4 Å². The van der Waals surface area contributed by atoms with Gasteiger partial charge in [0.15, 0.2) is 11.5 Å². The van der Waals surface area contributed by atoms with Crippen molar-refractivity contribution in [3.8, 4) is 10.7 Å². The van der Waals surface area contributed by atoms with Crippen LogP contribution in [0.5, 0.6) is 0 Å². The molecule has 1 aromatic carbocycles. The van der Waals surface area contributed by atoms with Crippen LogP contribution < -0.4 is 5.32 Å². The van der Waals surface area contributed by atoms with E-state index in [2.05, 4.69) is 25.3 Å². The molecule has 0 fully saturated rings. The minimum Gasteiger partial charge on any atom is -0.339 e. The molecule has 3 aromatic heterocycles. The van der Waals surface area contributed by atoms with Gasteiger partial charge in [0.05, 0.1) is 15.8 Å². The number of pyridine rings is 1. The summed E-state index contributed by atoms with van der Waals surface area (Å²) in [7, 11) is 0. The first-order chi connectivity index (χ1) is 12.8. The van der Waals surface area contributed by atoms with E-state index in [1.807, 2.05) is 30.4 Å². The molecule has 4 aromatic rings. The van der Waals surface area contributed by atoms with Crippen molar-refractivity contribution in [3.05, 3.63) is 65.2 Å². The molecule has 5 nitrogen and oxygen atoms in total. The van der Waals surface area contributed by atoms with E-state index < -0.39 is 0 Å². The summed E-state index contributed by atoms with van der Waals surface area (Å²) < 4.78 is 14.3. The van der Waals surface area contributed by atoms with Crippen molar-refractivity contribution in [1.29, 1.82) is 0 Å². The van der Waals surface area contributed by atoms with Gasteiger partial charge < -0.3 is 5.32 Å². The number of thiazole rings is 1. The fourth-order valence-electron chi connectivity index (χ4n) is 3.03. The van der Waals surface area contributed by atoms with Gasteiger partial charge in [-0.05, 0) is 41.8 Å². The van der Waals surface area contributed by atoms with Crippen LogP contribution >= 0.6 is 11.3 Å². The Kier molecular flexibility index (Phi) is 3.46. The number of hydrogen-bond donors (Lipinski definition) is 1. The van der Waals surface area contributed by atoms with Crippen molar-refractivity contribution in [2.75, 3.05) is 5.32 Å². The van der Waals surface area contributed by atoms with E-state index in [1.54, 1.807) is 17.9 Å². The van der Waals surface area contributed by atoms with Crippen molar-refractivity contribution in [2.45, 2.75) is 6.42 Å². The molecule has 1 aliphatic carbocycles. The van der Waals surface area contributed by atoms with E-state index in [4.69, 9.17) is 0 Å². The SMILES string of the molecule is Fc1cc(Nc2nc(-c3cncs3)nc3ncccc23)cc2c1CC=C2. The lowest BCUT2D eigenvalue weighted by Gasteiger charge is -2.11. The van der Waals surface area contributed by atoms with Gasteiger partial charge in [0.25, 0.3) is 0 Å². The molecule has 0 unspecified atom stereocenters. The number of hydrogen-bond acceptors (Lipinski definition) is 6. The molecule has 0 saturated carbocycles. The Morgan fingerprint density at radius 1 is 1.19 bits per heavy atom. The molecule has 1 N–H and O–H groups in total. The molecule has 126 valence electrons. The van der Waals surface area contributed by atoms with E-state index in [9.17, 15) is 4.39 Å². The summed E-state index contributed by atoms with van der Waals surface area (Å²) in [6.07, 6.45) is 7.95. The van der Waals surface area contributed by atoms with Crippen LogP contribution in [0, 0.1) is 5.82 Å². The third-order valence-electron chi connectivity index (χ3n) is 4.24. The van der Waals surface area contributed by atoms with Crippen LogP contribution in [0.2, 0.25) is 0 Å². The third kappa shape index (κ3) is 2.53. The number of aromatic nitrogens is 4. The number of fused-ring (bicyclic) bond motifs is 2. The molecular formula is C19H12FN5S. The number of nitrogens with zero attached hydrogens (tertiary/aromatic N) is 4. The van der Waals surface area contributed by atoms with Crippen LogP contribution in [-0.4, -0.2) is 19.9 Å². The maximum Gasteiger partial charge on any atom is 0.175 e. The van der Waals surface area contributed by atoms with Crippen molar-refractivity contribution in [1.82, 2.24) is 19.9 Å². The summed E-state index contributed by atoms with van der Waals surface area (Å²) in [5.41, 5.74) is 4.58. The lowest BCUT2D eigenvalue weighted by atomic mass is 10.1. The first-order valence-corrected chi connectivity index (χ1v) is 8.93. The average molecular weight is 361 g/mol. The van der Waals surface area contributed by atoms with Crippen LogP contribution in [0.4, 0.5) is 15.9 Å². The predicted molar refractivity (Wildman–Crippen MR) is 101 cm³/mol. The van der Waals surface area contributed by atoms with E-state index in [0.29, 0.717) is 29.4 Å². The zero-order valence-electron chi connectivity index (χ0n) is 13.5. The lowest BCUT2D eigenvalue weighted by Crippen LogP contribution is -2.01. The molecule has 0 aliphatic heterocycles. The molecule has 0 bridgehead atoms. The summed E-state index contributed by atoms with van der Waals surface area (Å²) in [6.45, 7) is 0. The Morgan fingerprint density at radius 3 is 3.04 bits per heavy atom. The third-order valence-corrected chi connectivity index (χ3v) is 5.01. The van der Waals surface area contributed by atoms with Crippen LogP contribution in [0.3, 0.4) is 0 Å². The maximum atomic E-state index is 14.3. The fraction of sp³-hybridized carbons (Fsp3) is 0.0526. The predicted octanol–water partition coefficient (Wildman–Crippen LogP) is 4.60. The van der Waals surface area contributed by atoms with Crippen molar-refractivity contribution in [2.24, 2.45) is 0 Å². The molecule has 0 atom stereocenters. The van der Waals surface area contributed by atoms with Crippen LogP contribution in [0.1, 0.15) is 11.1 Å². The largest absolute Gasteiger partial charge is 0.339 e. The second-order valence-corrected chi connectivity index (χ2v) is 6.78. The summed E-state index contributed by atoms with van der Waals surface area (Å²) in [4.78, 5) is 18.4. The number of benzene rings is 1. The summed E-state index contributed by atoms with van der Waals surface area (Å²) in [5.74, 6) is 0.921. The van der Waals surface area contributed by atoms with Gasteiger partial charge in [0.1, 0.15) is 11.6 Å². The molecule has 3 heterocycles. The Balaban J connectivity index is 1.64. The lowest BCUT2D eigenvalue weighted by molar-refractivity contribution is 0.616. The molecule has 0 amide bonds. The van der Waals surface area contributed by atoms with Gasteiger partial charge in [-0.25, -0.2) is 19.3 Å². The van der Waals surface area contributed by atoms with Gasteiger partial charge in [-0.15, -0.1) is 11.3 Å². The van der Waals surface area contributed by atoms with Crippen LogP contribution in [-0.2, 0) is 6.42 Å². The highest BCUT2D eigenvalue weighted by Crippen LogP contribution is 2.31.